The molecule has 0 aromatic rings. The van der Waals surface area contributed by atoms with E-state index in [0.29, 0.717) is 41.9 Å². The lowest BCUT2D eigenvalue weighted by molar-refractivity contribution is -0.272. The summed E-state index contributed by atoms with van der Waals surface area (Å²) in [6, 6.07) is 0. The molecule has 3 saturated carbocycles. The molecule has 2 aliphatic heterocycles. The lowest BCUT2D eigenvalue weighted by Crippen LogP contribution is -2.54. The third kappa shape index (κ3) is 2.59. The summed E-state index contributed by atoms with van der Waals surface area (Å²) in [5, 5.41) is 21.4. The molecule has 2 saturated heterocycles. The van der Waals surface area contributed by atoms with Gasteiger partial charge in [-0.25, -0.2) is 0 Å². The van der Waals surface area contributed by atoms with Crippen LogP contribution in [0.1, 0.15) is 66.2 Å². The van der Waals surface area contributed by atoms with Gasteiger partial charge >= 0.3 is 0 Å². The fraction of sp³-hybridized carbons (Fsp3) is 0.815. The number of aliphatic hydroxyl groups is 2. The zero-order chi connectivity index (χ0) is 22.6. The zero-order valence-electron chi connectivity index (χ0n) is 19.8. The first-order valence-electron chi connectivity index (χ1n) is 12.8. The maximum atomic E-state index is 12.1. The van der Waals surface area contributed by atoms with Crippen molar-refractivity contribution in [3.05, 3.63) is 23.5 Å². The van der Waals surface area contributed by atoms with E-state index in [9.17, 15) is 15.0 Å². The normalized spacial score (nSPS) is 56.7. The number of aliphatic hydroxyl groups excluding tert-OH is 2. The summed E-state index contributed by atoms with van der Waals surface area (Å²) in [7, 11) is 0. The predicted molar refractivity (Wildman–Crippen MR) is 120 cm³/mol. The fourth-order valence-electron chi connectivity index (χ4n) is 9.35. The maximum Gasteiger partial charge on any atom is 0.219 e. The molecule has 0 bridgehead atoms. The number of hydrogen-bond donors (Lipinski definition) is 2. The number of allylic oxidation sites excluding steroid dienone is 2. The molecule has 0 radical (unpaired) electrons. The van der Waals surface area contributed by atoms with E-state index in [4.69, 9.17) is 9.47 Å². The van der Waals surface area contributed by atoms with Crippen molar-refractivity contribution in [1.82, 2.24) is 0 Å². The molecule has 5 heteroatoms. The van der Waals surface area contributed by atoms with Gasteiger partial charge in [0.1, 0.15) is 0 Å². The van der Waals surface area contributed by atoms with Crippen molar-refractivity contribution in [3.63, 3.8) is 0 Å². The topological polar surface area (TPSA) is 76.0 Å². The molecule has 6 rings (SSSR count). The van der Waals surface area contributed by atoms with E-state index < -0.39 is 17.3 Å². The van der Waals surface area contributed by atoms with E-state index >= 15 is 0 Å². The summed E-state index contributed by atoms with van der Waals surface area (Å²) >= 11 is 0. The smallest absolute Gasteiger partial charge is 0.219 e. The van der Waals surface area contributed by atoms with Gasteiger partial charge in [-0.05, 0) is 84.8 Å². The molecule has 2 N–H and O–H groups in total. The van der Waals surface area contributed by atoms with E-state index in [2.05, 4.69) is 27.7 Å². The van der Waals surface area contributed by atoms with Crippen molar-refractivity contribution in [2.75, 3.05) is 6.61 Å². The van der Waals surface area contributed by atoms with E-state index in [1.54, 1.807) is 6.08 Å². The van der Waals surface area contributed by atoms with Crippen LogP contribution in [0.15, 0.2) is 23.5 Å². The highest BCUT2D eigenvalue weighted by atomic mass is 16.7. The Kier molecular flexibility index (Phi) is 4.47. The largest absolute Gasteiger partial charge is 0.504 e. The van der Waals surface area contributed by atoms with E-state index in [-0.39, 0.29) is 23.1 Å². The van der Waals surface area contributed by atoms with Gasteiger partial charge in [-0.2, -0.15) is 0 Å². The molecular weight excluding hydrogens is 404 g/mol. The number of ketones is 1. The van der Waals surface area contributed by atoms with Crippen molar-refractivity contribution in [2.24, 2.45) is 46.3 Å². The fourth-order valence-corrected chi connectivity index (χ4v) is 9.35. The first-order chi connectivity index (χ1) is 15.1. The van der Waals surface area contributed by atoms with Gasteiger partial charge in [0.05, 0.1) is 18.8 Å². The number of carbonyl (C=O) groups is 1. The second-order valence-corrected chi connectivity index (χ2v) is 12.4. The molecule has 0 aromatic heterocycles. The Bertz CT molecular complexity index is 898. The van der Waals surface area contributed by atoms with Crippen molar-refractivity contribution < 1.29 is 24.5 Å². The molecule has 5 fully saturated rings. The van der Waals surface area contributed by atoms with Crippen LogP contribution in [0.25, 0.3) is 0 Å². The highest BCUT2D eigenvalue weighted by Crippen LogP contribution is 2.70. The Labute approximate surface area is 191 Å². The number of ether oxygens (including phenoxy) is 2. The van der Waals surface area contributed by atoms with Crippen molar-refractivity contribution in [2.45, 2.75) is 84.2 Å². The molecular formula is C27H38O5. The summed E-state index contributed by atoms with van der Waals surface area (Å²) in [4.78, 5) is 12.1. The van der Waals surface area contributed by atoms with Crippen LogP contribution in [-0.4, -0.2) is 40.6 Å². The first kappa shape index (κ1) is 21.4. The van der Waals surface area contributed by atoms with Gasteiger partial charge in [0.15, 0.2) is 11.5 Å². The summed E-state index contributed by atoms with van der Waals surface area (Å²) in [6.07, 6.45) is 8.94. The molecule has 6 aliphatic rings. The molecule has 2 heterocycles. The average molecular weight is 443 g/mol. The lowest BCUT2D eigenvalue weighted by atomic mass is 9.46. The van der Waals surface area contributed by atoms with Gasteiger partial charge in [-0.15, -0.1) is 0 Å². The zero-order valence-corrected chi connectivity index (χ0v) is 19.8. The minimum absolute atomic E-state index is 0.164. The minimum atomic E-state index is -0.620. The number of hydrogen-bond acceptors (Lipinski definition) is 5. The number of fused-ring (bicyclic) bond motifs is 7. The Morgan fingerprint density at radius 2 is 1.88 bits per heavy atom. The summed E-state index contributed by atoms with van der Waals surface area (Å²) in [5.41, 5.74) is 0.529. The Hall–Kier alpha value is -1.17. The Morgan fingerprint density at radius 3 is 2.59 bits per heavy atom. The van der Waals surface area contributed by atoms with Crippen LogP contribution >= 0.6 is 0 Å². The standard InChI is InChI=1S/C27H38O5/c1-14-5-8-27(31-13-14)15(2)24-23(32-27)11-18-16-9-20(28)19-10-21(29)22(30)12-26(19,4)17(16)6-7-25(18,24)3/h10,12,14-18,20,23-24,28,30H,5-9,11,13H2,1-4H3/t14-,15+,16-,17+,18+,20+,23+,24+,25+,26-,27-/m1/s1. The van der Waals surface area contributed by atoms with Crippen LogP contribution in [0, 0.1) is 46.3 Å². The minimum Gasteiger partial charge on any atom is -0.504 e. The highest BCUT2D eigenvalue weighted by molar-refractivity contribution is 6.04. The van der Waals surface area contributed by atoms with Gasteiger partial charge in [-0.3, -0.25) is 4.79 Å². The van der Waals surface area contributed by atoms with Crippen LogP contribution in [0.2, 0.25) is 0 Å². The predicted octanol–water partition coefficient (Wildman–Crippen LogP) is 4.55. The molecule has 0 unspecified atom stereocenters. The first-order valence-corrected chi connectivity index (χ1v) is 12.8. The highest BCUT2D eigenvalue weighted by Gasteiger charge is 2.69. The summed E-state index contributed by atoms with van der Waals surface area (Å²) in [5.74, 6) is 1.72. The van der Waals surface area contributed by atoms with Gasteiger partial charge in [0.25, 0.3) is 0 Å². The van der Waals surface area contributed by atoms with E-state index in [1.807, 2.05) is 0 Å². The van der Waals surface area contributed by atoms with E-state index in [1.165, 1.54) is 12.5 Å². The summed E-state index contributed by atoms with van der Waals surface area (Å²) < 4.78 is 13.2. The molecule has 5 nitrogen and oxygen atoms in total. The molecule has 4 aliphatic carbocycles. The Morgan fingerprint density at radius 1 is 1.09 bits per heavy atom. The molecule has 0 aromatic carbocycles. The maximum absolute atomic E-state index is 12.1. The van der Waals surface area contributed by atoms with Crippen LogP contribution in [0.3, 0.4) is 0 Å². The van der Waals surface area contributed by atoms with Crippen molar-refractivity contribution in [1.29, 1.82) is 0 Å². The second kappa shape index (κ2) is 6.70. The second-order valence-electron chi connectivity index (χ2n) is 12.4. The molecule has 11 atom stereocenters. The van der Waals surface area contributed by atoms with Crippen LogP contribution in [-0.2, 0) is 14.3 Å². The molecule has 32 heavy (non-hydrogen) atoms. The molecule has 1 spiro atoms. The van der Waals surface area contributed by atoms with Gasteiger partial charge in [0, 0.05) is 17.8 Å². The SMILES string of the molecule is C[C@@H]1CC[C@@]2(OC1)O[C@H]1C[C@H]3[C@@H]4C[C@H](O)C5=CC(=O)C(O)=C[C@]5(C)[C@H]4CC[C@]3(C)[C@H]1[C@@H]2C. The van der Waals surface area contributed by atoms with Crippen molar-refractivity contribution >= 4 is 5.78 Å². The van der Waals surface area contributed by atoms with Gasteiger partial charge in [0.2, 0.25) is 5.78 Å². The Balaban J connectivity index is 1.32. The number of rotatable bonds is 0. The van der Waals surface area contributed by atoms with E-state index in [0.717, 1.165) is 37.9 Å². The van der Waals surface area contributed by atoms with Gasteiger partial charge < -0.3 is 19.7 Å². The van der Waals surface area contributed by atoms with Gasteiger partial charge in [-0.1, -0.05) is 27.7 Å². The third-order valence-electron chi connectivity index (χ3n) is 10.9. The lowest BCUT2D eigenvalue weighted by Gasteiger charge is -2.58. The number of carbonyl (C=O) groups excluding carboxylic acids is 1. The van der Waals surface area contributed by atoms with Crippen LogP contribution in [0.4, 0.5) is 0 Å². The van der Waals surface area contributed by atoms with Crippen LogP contribution < -0.4 is 0 Å². The third-order valence-corrected chi connectivity index (χ3v) is 10.9. The monoisotopic (exact) mass is 442 g/mol. The quantitative estimate of drug-likeness (QED) is 0.575. The summed E-state index contributed by atoms with van der Waals surface area (Å²) in [6.45, 7) is 10.00. The van der Waals surface area contributed by atoms with Crippen LogP contribution in [0.5, 0.6) is 0 Å². The van der Waals surface area contributed by atoms with Crippen molar-refractivity contribution in [3.8, 4) is 0 Å². The molecule has 0 amide bonds. The molecule has 176 valence electrons. The average Bonchev–Trinajstić information content (AvgIpc) is 3.18.